The van der Waals surface area contributed by atoms with Gasteiger partial charge >= 0.3 is 0 Å². The second-order valence-corrected chi connectivity index (χ2v) is 7.93. The maximum Gasteiger partial charge on any atom is 0.241 e. The summed E-state index contributed by atoms with van der Waals surface area (Å²) in [6.07, 6.45) is 0. The summed E-state index contributed by atoms with van der Waals surface area (Å²) in [7, 11) is 3.33. The van der Waals surface area contributed by atoms with E-state index in [1.54, 1.807) is 14.2 Å². The van der Waals surface area contributed by atoms with Crippen molar-refractivity contribution in [2.45, 2.75) is 33.4 Å². The zero-order valence-corrected chi connectivity index (χ0v) is 18.7. The molecule has 1 aliphatic heterocycles. The fraction of sp³-hybridized carbons (Fsp3) is 0.458. The highest BCUT2D eigenvalue weighted by atomic mass is 16.5. The Kier molecular flexibility index (Phi) is 7.34. The average molecular weight is 412 g/mol. The Balaban J connectivity index is 1.56. The summed E-state index contributed by atoms with van der Waals surface area (Å²) < 4.78 is 10.8. The lowest BCUT2D eigenvalue weighted by Crippen LogP contribution is -2.52. The van der Waals surface area contributed by atoms with Crippen LogP contribution in [0.1, 0.15) is 23.6 Å². The van der Waals surface area contributed by atoms with Gasteiger partial charge in [-0.25, -0.2) is 0 Å². The summed E-state index contributed by atoms with van der Waals surface area (Å²) in [5.74, 6) is 1.57. The molecule has 1 aliphatic rings. The standard InChI is InChI=1S/C24H33N3O3/c1-17-8-6-7-9-21(17)25-24(28)19(3)27-12-10-26(11-13-27)16-20-15-23(30-5)22(29-4)14-18(20)2/h6-9,14-15,19H,10-13,16H2,1-5H3,(H,25,28). The van der Waals surface area contributed by atoms with E-state index in [1.165, 1.54) is 11.1 Å². The third kappa shape index (κ3) is 5.12. The number of nitrogens with one attached hydrogen (secondary N) is 1. The van der Waals surface area contributed by atoms with Gasteiger partial charge in [0.2, 0.25) is 5.91 Å². The maximum atomic E-state index is 12.7. The van der Waals surface area contributed by atoms with Crippen LogP contribution in [0.2, 0.25) is 0 Å². The number of hydrogen-bond acceptors (Lipinski definition) is 5. The van der Waals surface area contributed by atoms with Crippen LogP contribution in [0.5, 0.6) is 11.5 Å². The van der Waals surface area contributed by atoms with Crippen LogP contribution in [0.4, 0.5) is 5.69 Å². The van der Waals surface area contributed by atoms with Gasteiger partial charge in [0.05, 0.1) is 20.3 Å². The van der Waals surface area contributed by atoms with E-state index in [1.807, 2.05) is 44.2 Å². The van der Waals surface area contributed by atoms with E-state index in [0.29, 0.717) is 0 Å². The third-order valence-corrected chi connectivity index (χ3v) is 5.97. The van der Waals surface area contributed by atoms with Crippen LogP contribution in [0.15, 0.2) is 36.4 Å². The Hall–Kier alpha value is -2.57. The molecule has 2 aromatic rings. The van der Waals surface area contributed by atoms with Gasteiger partial charge in [-0.15, -0.1) is 0 Å². The van der Waals surface area contributed by atoms with Gasteiger partial charge in [-0.05, 0) is 55.7 Å². The molecule has 0 spiro atoms. The zero-order valence-electron chi connectivity index (χ0n) is 18.7. The first-order valence-electron chi connectivity index (χ1n) is 10.5. The quantitative estimate of drug-likeness (QED) is 0.756. The monoisotopic (exact) mass is 411 g/mol. The van der Waals surface area contributed by atoms with Crippen LogP contribution in [0.3, 0.4) is 0 Å². The summed E-state index contributed by atoms with van der Waals surface area (Å²) in [6.45, 7) is 10.6. The van der Waals surface area contributed by atoms with Crippen LogP contribution in [-0.2, 0) is 11.3 Å². The molecule has 0 aliphatic carbocycles. The highest BCUT2D eigenvalue weighted by Gasteiger charge is 2.26. The topological polar surface area (TPSA) is 54.0 Å². The number of carbonyl (C=O) groups is 1. The average Bonchev–Trinajstić information content (AvgIpc) is 2.76. The molecule has 1 amide bonds. The van der Waals surface area contributed by atoms with Crippen molar-refractivity contribution in [3.8, 4) is 11.5 Å². The molecule has 1 saturated heterocycles. The lowest BCUT2D eigenvalue weighted by atomic mass is 10.1. The van der Waals surface area contributed by atoms with Gasteiger partial charge in [0.1, 0.15) is 0 Å². The number of ether oxygens (including phenoxy) is 2. The highest BCUT2D eigenvalue weighted by Crippen LogP contribution is 2.31. The Morgan fingerprint density at radius 1 is 1.00 bits per heavy atom. The number of para-hydroxylation sites is 1. The molecular formula is C24H33N3O3. The first-order chi connectivity index (χ1) is 14.4. The van der Waals surface area contributed by atoms with Crippen molar-refractivity contribution in [3.63, 3.8) is 0 Å². The van der Waals surface area contributed by atoms with E-state index < -0.39 is 0 Å². The number of hydrogen-bond donors (Lipinski definition) is 1. The van der Waals surface area contributed by atoms with Crippen LogP contribution in [-0.4, -0.2) is 62.1 Å². The number of benzene rings is 2. The first kappa shape index (κ1) is 22.1. The van der Waals surface area contributed by atoms with Crippen LogP contribution < -0.4 is 14.8 Å². The molecule has 3 rings (SSSR count). The molecule has 0 saturated carbocycles. The van der Waals surface area contributed by atoms with Gasteiger partial charge < -0.3 is 14.8 Å². The number of methoxy groups -OCH3 is 2. The number of nitrogens with zero attached hydrogens (tertiary/aromatic N) is 2. The summed E-state index contributed by atoms with van der Waals surface area (Å²) >= 11 is 0. The van der Waals surface area contributed by atoms with E-state index >= 15 is 0 Å². The minimum Gasteiger partial charge on any atom is -0.493 e. The van der Waals surface area contributed by atoms with Gasteiger partial charge in [-0.3, -0.25) is 14.6 Å². The van der Waals surface area contributed by atoms with Crippen molar-refractivity contribution in [2.24, 2.45) is 0 Å². The SMILES string of the molecule is COc1cc(C)c(CN2CCN(C(C)C(=O)Nc3ccccc3C)CC2)cc1OC. The Morgan fingerprint density at radius 2 is 1.63 bits per heavy atom. The van der Waals surface area contributed by atoms with E-state index in [-0.39, 0.29) is 11.9 Å². The molecule has 1 fully saturated rings. The van der Waals surface area contributed by atoms with Gasteiger partial charge in [0.15, 0.2) is 11.5 Å². The van der Waals surface area contributed by atoms with Crippen LogP contribution >= 0.6 is 0 Å². The number of rotatable bonds is 7. The molecule has 1 atom stereocenters. The lowest BCUT2D eigenvalue weighted by molar-refractivity contribution is -0.121. The Labute approximate surface area is 179 Å². The molecule has 0 aromatic heterocycles. The molecule has 2 aromatic carbocycles. The maximum absolute atomic E-state index is 12.7. The Bertz CT molecular complexity index is 876. The molecule has 6 heteroatoms. The summed E-state index contributed by atoms with van der Waals surface area (Å²) in [4.78, 5) is 17.4. The molecule has 1 heterocycles. The summed E-state index contributed by atoms with van der Waals surface area (Å²) in [5, 5.41) is 3.07. The molecular weight excluding hydrogens is 378 g/mol. The Morgan fingerprint density at radius 3 is 2.27 bits per heavy atom. The van der Waals surface area contributed by atoms with Crippen molar-refractivity contribution < 1.29 is 14.3 Å². The van der Waals surface area contributed by atoms with Gasteiger partial charge in [0.25, 0.3) is 0 Å². The smallest absolute Gasteiger partial charge is 0.241 e. The van der Waals surface area contributed by atoms with Crippen molar-refractivity contribution in [2.75, 3.05) is 45.7 Å². The van der Waals surface area contributed by atoms with Crippen LogP contribution in [0.25, 0.3) is 0 Å². The second-order valence-electron chi connectivity index (χ2n) is 7.93. The largest absolute Gasteiger partial charge is 0.493 e. The van der Waals surface area contributed by atoms with Gasteiger partial charge in [0, 0.05) is 38.4 Å². The number of anilines is 1. The molecule has 6 nitrogen and oxygen atoms in total. The second kappa shape index (κ2) is 9.96. The van der Waals surface area contributed by atoms with Crippen molar-refractivity contribution in [3.05, 3.63) is 53.1 Å². The number of piperazine rings is 1. The summed E-state index contributed by atoms with van der Waals surface area (Å²) in [5.41, 5.74) is 4.40. The highest BCUT2D eigenvalue weighted by molar-refractivity contribution is 5.95. The molecule has 162 valence electrons. The lowest BCUT2D eigenvalue weighted by Gasteiger charge is -2.37. The fourth-order valence-corrected chi connectivity index (χ4v) is 3.86. The number of aryl methyl sites for hydroxylation is 2. The number of amides is 1. The number of carbonyl (C=O) groups excluding carboxylic acids is 1. The predicted octanol–water partition coefficient (Wildman–Crippen LogP) is 3.47. The minimum atomic E-state index is -0.158. The van der Waals surface area contributed by atoms with Crippen molar-refractivity contribution in [1.29, 1.82) is 0 Å². The molecule has 1 unspecified atom stereocenters. The van der Waals surface area contributed by atoms with E-state index in [2.05, 4.69) is 28.1 Å². The van der Waals surface area contributed by atoms with E-state index in [4.69, 9.17) is 9.47 Å². The van der Waals surface area contributed by atoms with Gasteiger partial charge in [-0.1, -0.05) is 18.2 Å². The molecule has 1 N–H and O–H groups in total. The molecule has 0 radical (unpaired) electrons. The first-order valence-corrected chi connectivity index (χ1v) is 10.5. The van der Waals surface area contributed by atoms with Crippen molar-refractivity contribution >= 4 is 11.6 Å². The predicted molar refractivity (Wildman–Crippen MR) is 120 cm³/mol. The molecule has 0 bridgehead atoms. The fourth-order valence-electron chi connectivity index (χ4n) is 3.86. The summed E-state index contributed by atoms with van der Waals surface area (Å²) in [6, 6.07) is 11.8. The minimum absolute atomic E-state index is 0.0495. The normalized spacial score (nSPS) is 16.2. The zero-order chi connectivity index (χ0) is 21.7. The van der Waals surface area contributed by atoms with E-state index in [0.717, 1.165) is 55.5 Å². The van der Waals surface area contributed by atoms with Crippen LogP contribution in [0, 0.1) is 13.8 Å². The molecule has 30 heavy (non-hydrogen) atoms. The third-order valence-electron chi connectivity index (χ3n) is 5.97. The van der Waals surface area contributed by atoms with Crippen molar-refractivity contribution in [1.82, 2.24) is 9.80 Å². The van der Waals surface area contributed by atoms with Gasteiger partial charge in [-0.2, -0.15) is 0 Å². The van der Waals surface area contributed by atoms with E-state index in [9.17, 15) is 4.79 Å².